The van der Waals surface area contributed by atoms with Gasteiger partial charge in [-0.2, -0.15) is 5.26 Å². The molecule has 0 bridgehead atoms. The van der Waals surface area contributed by atoms with E-state index in [4.69, 9.17) is 5.26 Å². The number of aromatic nitrogens is 2. The summed E-state index contributed by atoms with van der Waals surface area (Å²) < 4.78 is 0. The van der Waals surface area contributed by atoms with Crippen LogP contribution in [0.2, 0.25) is 0 Å². The van der Waals surface area contributed by atoms with E-state index < -0.39 is 0 Å². The maximum Gasteiger partial charge on any atom is 0.251 e. The monoisotopic (exact) mass is 276 g/mol. The Hall–Kier alpha value is -3.13. The zero-order chi connectivity index (χ0) is 14.7. The van der Waals surface area contributed by atoms with E-state index in [9.17, 15) is 4.79 Å². The molecule has 21 heavy (non-hydrogen) atoms. The van der Waals surface area contributed by atoms with Crippen LogP contribution in [0, 0.1) is 11.3 Å². The molecule has 3 rings (SSSR count). The van der Waals surface area contributed by atoms with Crippen LogP contribution in [0.5, 0.6) is 0 Å². The molecule has 1 aromatic heterocycles. The lowest BCUT2D eigenvalue weighted by Crippen LogP contribution is -2.22. The molecule has 0 radical (unpaired) electrons. The number of nitrogens with zero attached hydrogens (tertiary/aromatic N) is 2. The van der Waals surface area contributed by atoms with Crippen molar-refractivity contribution in [2.24, 2.45) is 0 Å². The summed E-state index contributed by atoms with van der Waals surface area (Å²) in [4.78, 5) is 19.2. The van der Waals surface area contributed by atoms with Gasteiger partial charge in [-0.15, -0.1) is 0 Å². The number of carbonyl (C=O) groups excluding carboxylic acids is 1. The van der Waals surface area contributed by atoms with Crippen LogP contribution >= 0.6 is 0 Å². The summed E-state index contributed by atoms with van der Waals surface area (Å²) in [6.45, 7) is 0.421. The summed E-state index contributed by atoms with van der Waals surface area (Å²) in [6.07, 6.45) is 1.64. The lowest BCUT2D eigenvalue weighted by atomic mass is 10.1. The number of hydrogen-bond donors (Lipinski definition) is 2. The van der Waals surface area contributed by atoms with Gasteiger partial charge in [0.1, 0.15) is 0 Å². The van der Waals surface area contributed by atoms with Crippen LogP contribution in [-0.2, 0) is 6.54 Å². The Bertz CT molecular complexity index is 845. The molecule has 0 unspecified atom stereocenters. The second-order valence-electron chi connectivity index (χ2n) is 4.63. The molecule has 0 saturated heterocycles. The molecule has 0 fully saturated rings. The van der Waals surface area contributed by atoms with Crippen LogP contribution < -0.4 is 5.32 Å². The number of fused-ring (bicyclic) bond motifs is 1. The van der Waals surface area contributed by atoms with E-state index in [0.717, 1.165) is 16.6 Å². The SMILES string of the molecule is N#Cc1cccc(C(=O)NCc2ccc3nc[nH]c3c2)c1. The number of aromatic amines is 1. The average Bonchev–Trinajstić information content (AvgIpc) is 3.00. The van der Waals surface area contributed by atoms with E-state index in [1.54, 1.807) is 30.6 Å². The van der Waals surface area contributed by atoms with E-state index in [1.807, 2.05) is 24.3 Å². The molecule has 0 saturated carbocycles. The number of carbonyl (C=O) groups is 1. The van der Waals surface area contributed by atoms with Gasteiger partial charge in [0, 0.05) is 12.1 Å². The summed E-state index contributed by atoms with van der Waals surface area (Å²) in [7, 11) is 0. The van der Waals surface area contributed by atoms with Gasteiger partial charge in [0.2, 0.25) is 0 Å². The topological polar surface area (TPSA) is 81.6 Å². The summed E-state index contributed by atoms with van der Waals surface area (Å²) in [6, 6.07) is 14.4. The van der Waals surface area contributed by atoms with Crippen LogP contribution in [-0.4, -0.2) is 15.9 Å². The number of H-pyrrole nitrogens is 1. The van der Waals surface area contributed by atoms with Gasteiger partial charge in [-0.05, 0) is 35.9 Å². The molecule has 0 spiro atoms. The Morgan fingerprint density at radius 1 is 1.29 bits per heavy atom. The summed E-state index contributed by atoms with van der Waals surface area (Å²) >= 11 is 0. The van der Waals surface area contributed by atoms with Crippen LogP contribution in [0.25, 0.3) is 11.0 Å². The van der Waals surface area contributed by atoms with Crippen LogP contribution in [0.15, 0.2) is 48.8 Å². The van der Waals surface area contributed by atoms with Crippen molar-refractivity contribution in [3.05, 3.63) is 65.5 Å². The zero-order valence-electron chi connectivity index (χ0n) is 11.1. The first-order valence-electron chi connectivity index (χ1n) is 6.46. The maximum atomic E-state index is 12.1. The van der Waals surface area contributed by atoms with Crippen molar-refractivity contribution in [3.8, 4) is 6.07 Å². The Balaban J connectivity index is 1.71. The molecule has 1 amide bonds. The highest BCUT2D eigenvalue weighted by Crippen LogP contribution is 2.11. The van der Waals surface area contributed by atoms with Gasteiger partial charge in [0.15, 0.2) is 0 Å². The van der Waals surface area contributed by atoms with Gasteiger partial charge in [0.05, 0.1) is 29.0 Å². The Labute approximate surface area is 121 Å². The van der Waals surface area contributed by atoms with Crippen molar-refractivity contribution in [3.63, 3.8) is 0 Å². The lowest BCUT2D eigenvalue weighted by molar-refractivity contribution is 0.0951. The van der Waals surface area contributed by atoms with Gasteiger partial charge in [-0.25, -0.2) is 4.98 Å². The van der Waals surface area contributed by atoms with Gasteiger partial charge >= 0.3 is 0 Å². The fourth-order valence-corrected chi connectivity index (χ4v) is 2.11. The standard InChI is InChI=1S/C16H12N4O/c17-8-11-2-1-3-13(6-11)16(21)18-9-12-4-5-14-15(7-12)20-10-19-14/h1-7,10H,9H2,(H,18,21)(H,19,20). The number of nitrogens with one attached hydrogen (secondary N) is 2. The van der Waals surface area contributed by atoms with E-state index in [0.29, 0.717) is 17.7 Å². The average molecular weight is 276 g/mol. The molecule has 3 aromatic rings. The van der Waals surface area contributed by atoms with E-state index in [1.165, 1.54) is 0 Å². The second kappa shape index (κ2) is 5.47. The smallest absolute Gasteiger partial charge is 0.251 e. The third-order valence-electron chi connectivity index (χ3n) is 3.19. The predicted molar refractivity (Wildman–Crippen MR) is 78.4 cm³/mol. The molecular formula is C16H12N4O. The summed E-state index contributed by atoms with van der Waals surface area (Å²) in [5, 5.41) is 11.7. The molecule has 2 N–H and O–H groups in total. The Morgan fingerprint density at radius 3 is 3.05 bits per heavy atom. The first-order valence-corrected chi connectivity index (χ1v) is 6.46. The van der Waals surface area contributed by atoms with Gasteiger partial charge in [-0.3, -0.25) is 4.79 Å². The minimum Gasteiger partial charge on any atom is -0.348 e. The van der Waals surface area contributed by atoms with Crippen molar-refractivity contribution < 1.29 is 4.79 Å². The molecule has 0 aliphatic rings. The third kappa shape index (κ3) is 2.74. The quantitative estimate of drug-likeness (QED) is 0.770. The molecule has 1 heterocycles. The van der Waals surface area contributed by atoms with Crippen LogP contribution in [0.1, 0.15) is 21.5 Å². The fourth-order valence-electron chi connectivity index (χ4n) is 2.11. The first-order chi connectivity index (χ1) is 10.3. The maximum absolute atomic E-state index is 12.1. The van der Waals surface area contributed by atoms with E-state index in [-0.39, 0.29) is 5.91 Å². The normalized spacial score (nSPS) is 10.2. The number of nitriles is 1. The molecule has 102 valence electrons. The predicted octanol–water partition coefficient (Wildman–Crippen LogP) is 2.36. The number of rotatable bonds is 3. The van der Waals surface area contributed by atoms with Gasteiger partial charge in [-0.1, -0.05) is 12.1 Å². The van der Waals surface area contributed by atoms with Gasteiger partial charge in [0.25, 0.3) is 5.91 Å². The lowest BCUT2D eigenvalue weighted by Gasteiger charge is -2.06. The van der Waals surface area contributed by atoms with Crippen molar-refractivity contribution >= 4 is 16.9 Å². The first kappa shape index (κ1) is 12.9. The summed E-state index contributed by atoms with van der Waals surface area (Å²) in [5.41, 5.74) is 3.77. The van der Waals surface area contributed by atoms with E-state index >= 15 is 0 Å². The minimum atomic E-state index is -0.197. The summed E-state index contributed by atoms with van der Waals surface area (Å²) in [5.74, 6) is -0.197. The Kier molecular flexibility index (Phi) is 3.36. The van der Waals surface area contributed by atoms with Crippen molar-refractivity contribution in [1.29, 1.82) is 5.26 Å². The highest BCUT2D eigenvalue weighted by molar-refractivity contribution is 5.94. The fraction of sp³-hybridized carbons (Fsp3) is 0.0625. The highest BCUT2D eigenvalue weighted by atomic mass is 16.1. The molecule has 0 atom stereocenters. The number of amides is 1. The van der Waals surface area contributed by atoms with Gasteiger partial charge < -0.3 is 10.3 Å². The molecule has 2 aromatic carbocycles. The number of hydrogen-bond acceptors (Lipinski definition) is 3. The second-order valence-corrected chi connectivity index (χ2v) is 4.63. The molecular weight excluding hydrogens is 264 g/mol. The minimum absolute atomic E-state index is 0.197. The highest BCUT2D eigenvalue weighted by Gasteiger charge is 2.06. The molecule has 0 aliphatic heterocycles. The number of imidazole rings is 1. The zero-order valence-corrected chi connectivity index (χ0v) is 11.1. The largest absolute Gasteiger partial charge is 0.348 e. The third-order valence-corrected chi connectivity index (χ3v) is 3.19. The van der Waals surface area contributed by atoms with Crippen molar-refractivity contribution in [2.45, 2.75) is 6.54 Å². The van der Waals surface area contributed by atoms with E-state index in [2.05, 4.69) is 15.3 Å². The van der Waals surface area contributed by atoms with Crippen LogP contribution in [0.3, 0.4) is 0 Å². The molecule has 5 nitrogen and oxygen atoms in total. The Morgan fingerprint density at radius 2 is 2.19 bits per heavy atom. The van der Waals surface area contributed by atoms with Crippen LogP contribution in [0.4, 0.5) is 0 Å². The molecule has 5 heteroatoms. The van der Waals surface area contributed by atoms with Crippen molar-refractivity contribution in [2.75, 3.05) is 0 Å². The molecule has 0 aliphatic carbocycles. The van der Waals surface area contributed by atoms with Crippen molar-refractivity contribution in [1.82, 2.24) is 15.3 Å². The number of benzene rings is 2.